The normalized spacial score (nSPS) is 18.4. The summed E-state index contributed by atoms with van der Waals surface area (Å²) in [5, 5.41) is 3.62. The molecule has 0 bridgehead atoms. The van der Waals surface area contributed by atoms with Gasteiger partial charge in [0.25, 0.3) is 0 Å². The Morgan fingerprint density at radius 1 is 1.11 bits per heavy atom. The van der Waals surface area contributed by atoms with Crippen LogP contribution in [0.15, 0.2) is 49.1 Å². The molecule has 0 amide bonds. The number of methoxy groups -OCH3 is 1. The zero-order chi connectivity index (χ0) is 26.2. The maximum atomic E-state index is 5.96. The number of pyridine rings is 1. The first-order valence-electron chi connectivity index (χ1n) is 13.0. The molecule has 8 heteroatoms. The van der Waals surface area contributed by atoms with Crippen LogP contribution >= 0.6 is 0 Å². The van der Waals surface area contributed by atoms with Gasteiger partial charge in [-0.2, -0.15) is 9.97 Å². The number of rotatable bonds is 6. The van der Waals surface area contributed by atoms with Crippen LogP contribution in [0.4, 0.5) is 17.5 Å². The number of aromatic nitrogens is 5. The van der Waals surface area contributed by atoms with Crippen molar-refractivity contribution in [1.82, 2.24) is 24.5 Å². The van der Waals surface area contributed by atoms with Crippen LogP contribution in [-0.2, 0) is 23.6 Å². The van der Waals surface area contributed by atoms with E-state index < -0.39 is 0 Å². The molecule has 194 valence electrons. The fraction of sp³-hybridized carbons (Fsp3) is 0.448. The van der Waals surface area contributed by atoms with Crippen molar-refractivity contribution < 1.29 is 4.74 Å². The minimum atomic E-state index is 0.0541. The molecular weight excluding hydrogens is 462 g/mol. The SMILES string of the molecule is COC1CN(c2nc(Nc3cc(C(C)(C)C)ccc3C)c3c(ncn3C)n2)CCC1Cc1ccncc1. The summed E-state index contributed by atoms with van der Waals surface area (Å²) >= 11 is 0. The Hall–Kier alpha value is -3.52. The number of benzene rings is 1. The molecule has 0 spiro atoms. The van der Waals surface area contributed by atoms with Gasteiger partial charge in [-0.3, -0.25) is 4.98 Å². The van der Waals surface area contributed by atoms with Crippen molar-refractivity contribution in [2.24, 2.45) is 13.0 Å². The molecule has 4 aromatic rings. The first-order chi connectivity index (χ1) is 17.7. The summed E-state index contributed by atoms with van der Waals surface area (Å²) in [5.74, 6) is 1.88. The minimum absolute atomic E-state index is 0.0541. The summed E-state index contributed by atoms with van der Waals surface area (Å²) in [6.07, 6.45) is 7.58. The number of ether oxygens (including phenoxy) is 1. The summed E-state index contributed by atoms with van der Waals surface area (Å²) in [6, 6.07) is 10.8. The Bertz CT molecular complexity index is 1380. The van der Waals surface area contributed by atoms with Gasteiger partial charge in [0, 0.05) is 45.3 Å². The summed E-state index contributed by atoms with van der Waals surface area (Å²) < 4.78 is 7.93. The zero-order valence-corrected chi connectivity index (χ0v) is 22.7. The summed E-state index contributed by atoms with van der Waals surface area (Å²) in [7, 11) is 3.78. The van der Waals surface area contributed by atoms with Gasteiger partial charge < -0.3 is 19.5 Å². The topological polar surface area (TPSA) is 81.0 Å². The molecule has 1 aromatic carbocycles. The molecule has 4 heterocycles. The lowest BCUT2D eigenvalue weighted by molar-refractivity contribution is 0.0422. The lowest BCUT2D eigenvalue weighted by atomic mass is 9.86. The number of nitrogens with one attached hydrogen (secondary N) is 1. The molecule has 1 saturated heterocycles. The van der Waals surface area contributed by atoms with Crippen molar-refractivity contribution in [3.8, 4) is 0 Å². The largest absolute Gasteiger partial charge is 0.379 e. The fourth-order valence-electron chi connectivity index (χ4n) is 5.09. The molecule has 0 saturated carbocycles. The molecule has 0 aliphatic carbocycles. The Morgan fingerprint density at radius 3 is 2.62 bits per heavy atom. The Kier molecular flexibility index (Phi) is 6.86. The number of anilines is 3. The number of hydrogen-bond acceptors (Lipinski definition) is 7. The van der Waals surface area contributed by atoms with Crippen LogP contribution in [-0.4, -0.2) is 50.8 Å². The Morgan fingerprint density at radius 2 is 1.89 bits per heavy atom. The molecule has 2 atom stereocenters. The predicted octanol–water partition coefficient (Wildman–Crippen LogP) is 5.19. The molecule has 3 aromatic heterocycles. The summed E-state index contributed by atoms with van der Waals surface area (Å²) in [6.45, 7) is 10.4. The highest BCUT2D eigenvalue weighted by molar-refractivity contribution is 5.87. The lowest BCUT2D eigenvalue weighted by Crippen LogP contribution is -2.46. The molecule has 0 radical (unpaired) electrons. The number of aryl methyl sites for hydroxylation is 2. The van der Waals surface area contributed by atoms with Gasteiger partial charge in [0.1, 0.15) is 5.52 Å². The van der Waals surface area contributed by atoms with Crippen molar-refractivity contribution in [2.75, 3.05) is 30.4 Å². The van der Waals surface area contributed by atoms with Crippen LogP contribution in [0, 0.1) is 12.8 Å². The number of piperidine rings is 1. The highest BCUT2D eigenvalue weighted by Crippen LogP contribution is 2.32. The molecule has 1 N–H and O–H groups in total. The van der Waals surface area contributed by atoms with E-state index in [0.29, 0.717) is 17.5 Å². The van der Waals surface area contributed by atoms with Crippen molar-refractivity contribution in [3.63, 3.8) is 0 Å². The van der Waals surface area contributed by atoms with E-state index in [1.54, 1.807) is 13.4 Å². The molecule has 2 unspecified atom stereocenters. The maximum absolute atomic E-state index is 5.96. The highest BCUT2D eigenvalue weighted by Gasteiger charge is 2.31. The molecule has 37 heavy (non-hydrogen) atoms. The fourth-order valence-corrected chi connectivity index (χ4v) is 5.09. The van der Waals surface area contributed by atoms with Crippen LogP contribution in [0.25, 0.3) is 11.2 Å². The zero-order valence-electron chi connectivity index (χ0n) is 22.7. The van der Waals surface area contributed by atoms with E-state index in [4.69, 9.17) is 14.7 Å². The van der Waals surface area contributed by atoms with Crippen molar-refractivity contribution in [3.05, 3.63) is 65.7 Å². The molecule has 8 nitrogen and oxygen atoms in total. The van der Waals surface area contributed by atoms with E-state index in [1.807, 2.05) is 24.0 Å². The minimum Gasteiger partial charge on any atom is -0.379 e. The number of imidazole rings is 1. The van der Waals surface area contributed by atoms with E-state index in [0.717, 1.165) is 43.0 Å². The second-order valence-electron chi connectivity index (χ2n) is 11.1. The van der Waals surface area contributed by atoms with Gasteiger partial charge in [-0.1, -0.05) is 32.9 Å². The van der Waals surface area contributed by atoms with E-state index in [-0.39, 0.29) is 11.5 Å². The Labute approximate surface area is 219 Å². The van der Waals surface area contributed by atoms with Gasteiger partial charge in [0.2, 0.25) is 5.95 Å². The first-order valence-corrected chi connectivity index (χ1v) is 13.0. The molecule has 1 aliphatic rings. The lowest BCUT2D eigenvalue weighted by Gasteiger charge is -2.38. The second kappa shape index (κ2) is 10.1. The second-order valence-corrected chi connectivity index (χ2v) is 11.1. The van der Waals surface area contributed by atoms with Crippen LogP contribution in [0.1, 0.15) is 43.9 Å². The average Bonchev–Trinajstić information content (AvgIpc) is 3.26. The first kappa shape index (κ1) is 25.1. The smallest absolute Gasteiger partial charge is 0.229 e. The Balaban J connectivity index is 1.44. The van der Waals surface area contributed by atoms with E-state index in [1.165, 1.54) is 16.7 Å². The van der Waals surface area contributed by atoms with Crippen molar-refractivity contribution >= 4 is 28.6 Å². The summed E-state index contributed by atoms with van der Waals surface area (Å²) in [5.41, 5.74) is 6.41. The quantitative estimate of drug-likeness (QED) is 0.391. The number of hydrogen-bond donors (Lipinski definition) is 1. The number of fused-ring (bicyclic) bond motifs is 1. The van der Waals surface area contributed by atoms with Crippen molar-refractivity contribution in [2.45, 2.75) is 52.1 Å². The molecule has 1 aliphatic heterocycles. The van der Waals surface area contributed by atoms with E-state index in [9.17, 15) is 0 Å². The highest BCUT2D eigenvalue weighted by atomic mass is 16.5. The number of nitrogens with zero attached hydrogens (tertiary/aromatic N) is 6. The van der Waals surface area contributed by atoms with E-state index >= 15 is 0 Å². The van der Waals surface area contributed by atoms with Gasteiger partial charge in [-0.15, -0.1) is 0 Å². The molecule has 1 fully saturated rings. The van der Waals surface area contributed by atoms with E-state index in [2.05, 4.69) is 78.2 Å². The molecule has 5 rings (SSSR count). The monoisotopic (exact) mass is 499 g/mol. The third-order valence-electron chi connectivity index (χ3n) is 7.45. The maximum Gasteiger partial charge on any atom is 0.229 e. The van der Waals surface area contributed by atoms with Gasteiger partial charge in [-0.25, -0.2) is 4.98 Å². The predicted molar refractivity (Wildman–Crippen MR) is 149 cm³/mol. The summed E-state index contributed by atoms with van der Waals surface area (Å²) in [4.78, 5) is 20.9. The van der Waals surface area contributed by atoms with Crippen molar-refractivity contribution in [1.29, 1.82) is 0 Å². The van der Waals surface area contributed by atoms with Crippen LogP contribution in [0.3, 0.4) is 0 Å². The third kappa shape index (κ3) is 5.30. The average molecular weight is 500 g/mol. The van der Waals surface area contributed by atoms with Crippen LogP contribution in [0.5, 0.6) is 0 Å². The third-order valence-corrected chi connectivity index (χ3v) is 7.45. The van der Waals surface area contributed by atoms with Gasteiger partial charge in [0.05, 0.1) is 12.4 Å². The van der Waals surface area contributed by atoms with Gasteiger partial charge in [-0.05, 0) is 66.0 Å². The van der Waals surface area contributed by atoms with Gasteiger partial charge in [0.15, 0.2) is 11.5 Å². The standard InChI is InChI=1S/C29H37N7O/c1-19-7-8-22(29(2,3)4)16-23(19)32-27-25-26(31-18-35(25)5)33-28(34-27)36-14-11-21(24(17-36)37-6)15-20-9-12-30-13-10-20/h7-10,12-13,16,18,21,24H,11,14-15,17H2,1-6H3,(H,32,33,34). The van der Waals surface area contributed by atoms with Crippen LogP contribution < -0.4 is 10.2 Å². The van der Waals surface area contributed by atoms with Gasteiger partial charge >= 0.3 is 0 Å². The van der Waals surface area contributed by atoms with Crippen LogP contribution in [0.2, 0.25) is 0 Å². The molecular formula is C29H37N7O.